The Kier molecular flexibility index (Phi) is 5.06. The Bertz CT molecular complexity index is 643. The molecule has 2 aromatic rings. The van der Waals surface area contributed by atoms with Crippen LogP contribution in [0.3, 0.4) is 0 Å². The fourth-order valence-electron chi connectivity index (χ4n) is 2.03. The second-order valence-corrected chi connectivity index (χ2v) is 5.30. The van der Waals surface area contributed by atoms with Gasteiger partial charge in [-0.2, -0.15) is 5.10 Å². The Morgan fingerprint density at radius 3 is 2.19 bits per heavy atom. The zero-order valence-electron chi connectivity index (χ0n) is 12.5. The van der Waals surface area contributed by atoms with E-state index >= 15 is 0 Å². The number of thiocarbonyl (C=S) groups is 1. The van der Waals surface area contributed by atoms with Crippen molar-refractivity contribution < 1.29 is 0 Å². The maximum absolute atomic E-state index is 5.29. The van der Waals surface area contributed by atoms with Crippen molar-refractivity contribution in [3.8, 4) is 0 Å². The maximum Gasteiger partial charge on any atom is 0.191 e. The molecule has 0 amide bonds. The third-order valence-corrected chi connectivity index (χ3v) is 3.43. The number of nitrogens with zero attached hydrogens (tertiary/aromatic N) is 1. The van der Waals surface area contributed by atoms with Crippen LogP contribution in [-0.4, -0.2) is 10.8 Å². The standard InChI is InChI=1S/C17H19N3S/c1-12-8-7-9-13(2)16(12)18-17(21)20-19-14(3)15-10-5-4-6-11-15/h4-11H,1-3H3,(H2,18,20,21)/b19-14-. The molecular weight excluding hydrogens is 278 g/mol. The van der Waals surface area contributed by atoms with E-state index in [-0.39, 0.29) is 0 Å². The van der Waals surface area contributed by atoms with Crippen molar-refractivity contribution in [2.45, 2.75) is 20.8 Å². The molecule has 4 heteroatoms. The monoisotopic (exact) mass is 297 g/mol. The Hall–Kier alpha value is -2.20. The van der Waals surface area contributed by atoms with Gasteiger partial charge in [0.1, 0.15) is 0 Å². The lowest BCUT2D eigenvalue weighted by Gasteiger charge is -2.13. The molecule has 0 aliphatic heterocycles. The number of rotatable bonds is 3. The molecule has 21 heavy (non-hydrogen) atoms. The Morgan fingerprint density at radius 2 is 1.57 bits per heavy atom. The zero-order chi connectivity index (χ0) is 15.2. The van der Waals surface area contributed by atoms with Crippen LogP contribution in [0.5, 0.6) is 0 Å². The molecule has 0 radical (unpaired) electrons. The van der Waals surface area contributed by atoms with Gasteiger partial charge in [-0.05, 0) is 49.7 Å². The van der Waals surface area contributed by atoms with E-state index in [1.807, 2.05) is 43.3 Å². The van der Waals surface area contributed by atoms with Crippen LogP contribution >= 0.6 is 12.2 Å². The van der Waals surface area contributed by atoms with E-state index in [2.05, 4.69) is 41.8 Å². The highest BCUT2D eigenvalue weighted by Crippen LogP contribution is 2.19. The largest absolute Gasteiger partial charge is 0.331 e. The molecule has 2 rings (SSSR count). The highest BCUT2D eigenvalue weighted by Gasteiger charge is 2.04. The first kappa shape index (κ1) is 15.2. The van der Waals surface area contributed by atoms with Gasteiger partial charge < -0.3 is 5.32 Å². The minimum Gasteiger partial charge on any atom is -0.331 e. The van der Waals surface area contributed by atoms with E-state index in [1.54, 1.807) is 0 Å². The van der Waals surface area contributed by atoms with Gasteiger partial charge in [0.05, 0.1) is 5.71 Å². The summed E-state index contributed by atoms with van der Waals surface area (Å²) >= 11 is 5.29. The molecule has 0 aliphatic carbocycles. The number of hydrogen-bond acceptors (Lipinski definition) is 2. The van der Waals surface area contributed by atoms with Gasteiger partial charge in [0.25, 0.3) is 0 Å². The van der Waals surface area contributed by atoms with Crippen molar-refractivity contribution in [3.63, 3.8) is 0 Å². The molecule has 2 aromatic carbocycles. The fraction of sp³-hybridized carbons (Fsp3) is 0.176. The van der Waals surface area contributed by atoms with Crippen LogP contribution in [0.1, 0.15) is 23.6 Å². The Balaban J connectivity index is 2.03. The molecule has 0 spiro atoms. The lowest BCUT2D eigenvalue weighted by molar-refractivity contribution is 1.04. The molecule has 3 nitrogen and oxygen atoms in total. The Labute approximate surface area is 131 Å². The lowest BCUT2D eigenvalue weighted by Crippen LogP contribution is -2.25. The van der Waals surface area contributed by atoms with E-state index in [0.29, 0.717) is 5.11 Å². The lowest BCUT2D eigenvalue weighted by atomic mass is 10.1. The molecule has 0 unspecified atom stereocenters. The summed E-state index contributed by atoms with van der Waals surface area (Å²) in [5, 5.41) is 8.00. The van der Waals surface area contributed by atoms with Crippen molar-refractivity contribution in [2.75, 3.05) is 5.32 Å². The minimum absolute atomic E-state index is 0.489. The molecule has 0 heterocycles. The number of benzene rings is 2. The third-order valence-electron chi connectivity index (χ3n) is 3.24. The first-order valence-corrected chi connectivity index (χ1v) is 7.21. The van der Waals surface area contributed by atoms with E-state index in [1.165, 1.54) is 0 Å². The average molecular weight is 297 g/mol. The molecular formula is C17H19N3S. The summed E-state index contributed by atoms with van der Waals surface area (Å²) in [5.41, 5.74) is 8.19. The summed E-state index contributed by atoms with van der Waals surface area (Å²) in [6, 6.07) is 16.1. The fourth-order valence-corrected chi connectivity index (χ4v) is 2.18. The number of hydrazone groups is 1. The normalized spacial score (nSPS) is 11.1. The topological polar surface area (TPSA) is 36.4 Å². The quantitative estimate of drug-likeness (QED) is 0.510. The summed E-state index contributed by atoms with van der Waals surface area (Å²) < 4.78 is 0. The minimum atomic E-state index is 0.489. The van der Waals surface area contributed by atoms with Crippen LogP contribution in [0.2, 0.25) is 0 Å². The summed E-state index contributed by atoms with van der Waals surface area (Å²) in [7, 11) is 0. The summed E-state index contributed by atoms with van der Waals surface area (Å²) in [6.45, 7) is 6.05. The van der Waals surface area contributed by atoms with E-state index < -0.39 is 0 Å². The smallest absolute Gasteiger partial charge is 0.191 e. The summed E-state index contributed by atoms with van der Waals surface area (Å²) in [5.74, 6) is 0. The van der Waals surface area contributed by atoms with Crippen LogP contribution in [0.25, 0.3) is 0 Å². The SMILES string of the molecule is C/C(=N/NC(=S)Nc1c(C)cccc1C)c1ccccc1. The van der Waals surface area contributed by atoms with Crippen LogP contribution < -0.4 is 10.7 Å². The molecule has 0 fully saturated rings. The van der Waals surface area contributed by atoms with Gasteiger partial charge in [0.15, 0.2) is 5.11 Å². The van der Waals surface area contributed by atoms with Gasteiger partial charge in [-0.15, -0.1) is 0 Å². The predicted molar refractivity (Wildman–Crippen MR) is 93.9 cm³/mol. The van der Waals surface area contributed by atoms with Crippen LogP contribution in [-0.2, 0) is 0 Å². The van der Waals surface area contributed by atoms with E-state index in [0.717, 1.165) is 28.1 Å². The van der Waals surface area contributed by atoms with Gasteiger partial charge in [0.2, 0.25) is 0 Å². The van der Waals surface area contributed by atoms with Crippen molar-refractivity contribution in [1.29, 1.82) is 0 Å². The number of hydrogen-bond donors (Lipinski definition) is 2. The van der Waals surface area contributed by atoms with E-state index in [4.69, 9.17) is 12.2 Å². The molecule has 0 saturated heterocycles. The number of anilines is 1. The van der Waals surface area contributed by atoms with Gasteiger partial charge in [-0.25, -0.2) is 0 Å². The number of aryl methyl sites for hydroxylation is 2. The number of nitrogens with one attached hydrogen (secondary N) is 2. The number of para-hydroxylation sites is 1. The van der Waals surface area contributed by atoms with Crippen molar-refractivity contribution in [3.05, 3.63) is 65.2 Å². The van der Waals surface area contributed by atoms with E-state index in [9.17, 15) is 0 Å². The Morgan fingerprint density at radius 1 is 0.952 bits per heavy atom. The van der Waals surface area contributed by atoms with Crippen LogP contribution in [0, 0.1) is 13.8 Å². The first-order chi connectivity index (χ1) is 10.1. The van der Waals surface area contributed by atoms with Gasteiger partial charge in [0, 0.05) is 5.69 Å². The van der Waals surface area contributed by atoms with Crippen molar-refractivity contribution in [1.82, 2.24) is 5.43 Å². The zero-order valence-corrected chi connectivity index (χ0v) is 13.3. The van der Waals surface area contributed by atoms with Gasteiger partial charge in [-0.3, -0.25) is 5.43 Å². The molecule has 0 atom stereocenters. The van der Waals surface area contributed by atoms with Crippen LogP contribution in [0.4, 0.5) is 5.69 Å². The van der Waals surface area contributed by atoms with Gasteiger partial charge in [-0.1, -0.05) is 48.5 Å². The predicted octanol–water partition coefficient (Wildman–Crippen LogP) is 4.01. The van der Waals surface area contributed by atoms with Crippen LogP contribution in [0.15, 0.2) is 53.6 Å². The highest BCUT2D eigenvalue weighted by molar-refractivity contribution is 7.80. The maximum atomic E-state index is 5.29. The molecule has 0 saturated carbocycles. The summed E-state index contributed by atoms with van der Waals surface area (Å²) in [6.07, 6.45) is 0. The molecule has 0 bridgehead atoms. The van der Waals surface area contributed by atoms with Crippen molar-refractivity contribution >= 4 is 28.7 Å². The second-order valence-electron chi connectivity index (χ2n) is 4.90. The van der Waals surface area contributed by atoms with Crippen molar-refractivity contribution in [2.24, 2.45) is 5.10 Å². The average Bonchev–Trinajstić information content (AvgIpc) is 2.49. The second kappa shape index (κ2) is 6.99. The molecule has 2 N–H and O–H groups in total. The molecule has 0 aliphatic rings. The third kappa shape index (κ3) is 4.13. The molecule has 0 aromatic heterocycles. The van der Waals surface area contributed by atoms with Gasteiger partial charge >= 0.3 is 0 Å². The highest BCUT2D eigenvalue weighted by atomic mass is 32.1. The molecule has 108 valence electrons. The summed E-state index contributed by atoms with van der Waals surface area (Å²) in [4.78, 5) is 0. The first-order valence-electron chi connectivity index (χ1n) is 6.81.